The number of para-hydroxylation sites is 1. The minimum absolute atomic E-state index is 0.0624. The number of benzene rings is 3. The fourth-order valence-electron chi connectivity index (χ4n) is 3.85. The van der Waals surface area contributed by atoms with Crippen LogP contribution in [0, 0.1) is 5.82 Å². The van der Waals surface area contributed by atoms with E-state index in [2.05, 4.69) is 10.3 Å². The Morgan fingerprint density at radius 2 is 1.53 bits per heavy atom. The molecule has 1 amide bonds. The van der Waals surface area contributed by atoms with E-state index in [1.807, 2.05) is 0 Å². The van der Waals surface area contributed by atoms with Gasteiger partial charge in [-0.1, -0.05) is 60.1 Å². The molecule has 1 aromatic heterocycles. The van der Waals surface area contributed by atoms with Gasteiger partial charge in [0.15, 0.2) is 0 Å². The summed E-state index contributed by atoms with van der Waals surface area (Å²) in [7, 11) is 0. The zero-order valence-corrected chi connectivity index (χ0v) is 19.4. The first-order chi connectivity index (χ1) is 17.2. The van der Waals surface area contributed by atoms with Crippen LogP contribution in [-0.4, -0.2) is 11.1 Å². The summed E-state index contributed by atoms with van der Waals surface area (Å²) in [5.41, 5.74) is -2.34. The summed E-state index contributed by atoms with van der Waals surface area (Å²) in [6, 6.07) is 21.9. The van der Waals surface area contributed by atoms with E-state index in [4.69, 9.17) is 16.3 Å². The molecule has 184 valence electrons. The van der Waals surface area contributed by atoms with Crippen LogP contribution in [0.15, 0.2) is 97.2 Å². The topological polar surface area (TPSA) is 51.2 Å². The van der Waals surface area contributed by atoms with Gasteiger partial charge in [0.05, 0.1) is 16.3 Å². The Morgan fingerprint density at radius 1 is 0.889 bits per heavy atom. The molecule has 1 N–H and O–H groups in total. The van der Waals surface area contributed by atoms with Gasteiger partial charge >= 0.3 is 12.3 Å². The third kappa shape index (κ3) is 5.83. The summed E-state index contributed by atoms with van der Waals surface area (Å²) < 4.78 is 61.0. The first-order valence-electron chi connectivity index (χ1n) is 10.7. The fraction of sp³-hybridized carbons (Fsp3) is 0.111. The number of hydrogen-bond acceptors (Lipinski definition) is 3. The van der Waals surface area contributed by atoms with Crippen molar-refractivity contribution in [3.63, 3.8) is 0 Å². The Morgan fingerprint density at radius 3 is 2.14 bits per heavy atom. The highest BCUT2D eigenvalue weighted by Crippen LogP contribution is 2.38. The quantitative estimate of drug-likeness (QED) is 0.278. The summed E-state index contributed by atoms with van der Waals surface area (Å²) in [5.74, 6) is -0.910. The standard InChI is InChI=1S/C27H19ClF4N2O2/c28-21-11-12-24(33-17-21)26(16-18-7-3-1-4-8-18,34-25(35)36-23-9-5-2-6-10-23)19-13-20(27(30,31)32)15-22(29)14-19/h1-15,17H,16H2,(H,34,35). The lowest BCUT2D eigenvalue weighted by Crippen LogP contribution is -2.50. The number of halogens is 5. The Kier molecular flexibility index (Phi) is 7.26. The van der Waals surface area contributed by atoms with Gasteiger partial charge in [-0.3, -0.25) is 4.98 Å². The maximum absolute atomic E-state index is 14.6. The molecule has 0 bridgehead atoms. The van der Waals surface area contributed by atoms with E-state index in [1.165, 1.54) is 18.3 Å². The Labute approximate surface area is 209 Å². The summed E-state index contributed by atoms with van der Waals surface area (Å²) in [6.45, 7) is 0. The van der Waals surface area contributed by atoms with Crippen molar-refractivity contribution in [1.29, 1.82) is 0 Å². The lowest BCUT2D eigenvalue weighted by Gasteiger charge is -2.35. The van der Waals surface area contributed by atoms with Gasteiger partial charge in [0, 0.05) is 12.6 Å². The summed E-state index contributed by atoms with van der Waals surface area (Å²) in [6.07, 6.45) is -4.56. The normalized spacial score (nSPS) is 13.0. The smallest absolute Gasteiger partial charge is 0.410 e. The van der Waals surface area contributed by atoms with E-state index in [0.29, 0.717) is 11.6 Å². The average molecular weight is 515 g/mol. The summed E-state index contributed by atoms with van der Waals surface area (Å²) in [4.78, 5) is 17.4. The largest absolute Gasteiger partial charge is 0.416 e. The van der Waals surface area contributed by atoms with E-state index in [-0.39, 0.29) is 28.5 Å². The highest BCUT2D eigenvalue weighted by molar-refractivity contribution is 6.30. The van der Waals surface area contributed by atoms with Gasteiger partial charge in [0.1, 0.15) is 17.1 Å². The number of alkyl halides is 3. The van der Waals surface area contributed by atoms with Crippen molar-refractivity contribution in [2.24, 2.45) is 0 Å². The van der Waals surface area contributed by atoms with Crippen LogP contribution in [0.2, 0.25) is 5.02 Å². The second kappa shape index (κ2) is 10.4. The minimum Gasteiger partial charge on any atom is -0.410 e. The number of nitrogens with zero attached hydrogens (tertiary/aromatic N) is 1. The van der Waals surface area contributed by atoms with Gasteiger partial charge in [0.25, 0.3) is 0 Å². The zero-order valence-electron chi connectivity index (χ0n) is 18.6. The van der Waals surface area contributed by atoms with Crippen molar-refractivity contribution in [3.8, 4) is 5.75 Å². The van der Waals surface area contributed by atoms with Gasteiger partial charge in [-0.15, -0.1) is 0 Å². The van der Waals surface area contributed by atoms with Crippen LogP contribution >= 0.6 is 11.6 Å². The van der Waals surface area contributed by atoms with Gasteiger partial charge in [-0.25, -0.2) is 9.18 Å². The first kappa shape index (κ1) is 25.2. The van der Waals surface area contributed by atoms with Gasteiger partial charge < -0.3 is 10.1 Å². The number of pyridine rings is 1. The highest BCUT2D eigenvalue weighted by Gasteiger charge is 2.41. The molecule has 0 aliphatic rings. The van der Waals surface area contributed by atoms with E-state index in [9.17, 15) is 22.4 Å². The van der Waals surface area contributed by atoms with Gasteiger partial charge in [-0.2, -0.15) is 13.2 Å². The number of hydrogen-bond donors (Lipinski definition) is 1. The third-order valence-corrected chi connectivity index (χ3v) is 5.69. The van der Waals surface area contributed by atoms with Crippen molar-refractivity contribution in [2.75, 3.05) is 0 Å². The molecule has 9 heteroatoms. The monoisotopic (exact) mass is 514 g/mol. The van der Waals surface area contributed by atoms with E-state index >= 15 is 0 Å². The number of nitrogens with one attached hydrogen (secondary N) is 1. The maximum Gasteiger partial charge on any atom is 0.416 e. The highest BCUT2D eigenvalue weighted by atomic mass is 35.5. The molecule has 0 fully saturated rings. The van der Waals surface area contributed by atoms with E-state index < -0.39 is 29.2 Å². The zero-order chi connectivity index (χ0) is 25.8. The Balaban J connectivity index is 1.91. The van der Waals surface area contributed by atoms with Crippen LogP contribution in [0.5, 0.6) is 5.75 Å². The van der Waals surface area contributed by atoms with Crippen LogP contribution in [0.4, 0.5) is 22.4 Å². The molecule has 1 unspecified atom stereocenters. The molecule has 36 heavy (non-hydrogen) atoms. The number of carbonyl (C=O) groups excluding carboxylic acids is 1. The molecule has 0 saturated heterocycles. The van der Waals surface area contributed by atoms with Crippen LogP contribution in [0.25, 0.3) is 0 Å². The lowest BCUT2D eigenvalue weighted by atomic mass is 9.80. The maximum atomic E-state index is 14.6. The molecule has 1 heterocycles. The predicted molar refractivity (Wildman–Crippen MR) is 127 cm³/mol. The molecule has 0 spiro atoms. The van der Waals surface area contributed by atoms with Crippen molar-refractivity contribution in [1.82, 2.24) is 10.3 Å². The van der Waals surface area contributed by atoms with Crippen molar-refractivity contribution < 1.29 is 27.1 Å². The number of aromatic nitrogens is 1. The van der Waals surface area contributed by atoms with Crippen molar-refractivity contribution >= 4 is 17.7 Å². The lowest BCUT2D eigenvalue weighted by molar-refractivity contribution is -0.137. The number of carbonyl (C=O) groups is 1. The third-order valence-electron chi connectivity index (χ3n) is 5.46. The van der Waals surface area contributed by atoms with Crippen LogP contribution in [0.3, 0.4) is 0 Å². The molecular weight excluding hydrogens is 496 g/mol. The second-order valence-electron chi connectivity index (χ2n) is 7.98. The number of rotatable bonds is 6. The van der Waals surface area contributed by atoms with Crippen molar-refractivity contribution in [2.45, 2.75) is 18.1 Å². The van der Waals surface area contributed by atoms with Gasteiger partial charge in [0.2, 0.25) is 0 Å². The Bertz CT molecular complexity index is 1330. The predicted octanol–water partition coefficient (Wildman–Crippen LogP) is 7.17. The summed E-state index contributed by atoms with van der Waals surface area (Å²) >= 11 is 6.01. The molecule has 4 nitrogen and oxygen atoms in total. The van der Waals surface area contributed by atoms with Crippen molar-refractivity contribution in [3.05, 3.63) is 130 Å². The molecule has 0 aliphatic heterocycles. The molecule has 4 rings (SSSR count). The average Bonchev–Trinajstić information content (AvgIpc) is 2.84. The van der Waals surface area contributed by atoms with E-state index in [1.54, 1.807) is 60.7 Å². The van der Waals surface area contributed by atoms with Crippen LogP contribution < -0.4 is 10.1 Å². The van der Waals surface area contributed by atoms with Gasteiger partial charge in [-0.05, 0) is 53.6 Å². The number of amides is 1. The first-order valence-corrected chi connectivity index (χ1v) is 11.1. The second-order valence-corrected chi connectivity index (χ2v) is 8.42. The molecule has 0 radical (unpaired) electrons. The molecule has 3 aromatic carbocycles. The molecule has 1 atom stereocenters. The van der Waals surface area contributed by atoms with Crippen LogP contribution in [-0.2, 0) is 18.1 Å². The van der Waals surface area contributed by atoms with E-state index in [0.717, 1.165) is 12.1 Å². The van der Waals surface area contributed by atoms with Crippen LogP contribution in [0.1, 0.15) is 22.4 Å². The molecule has 0 saturated carbocycles. The fourth-order valence-corrected chi connectivity index (χ4v) is 3.96. The molecular formula is C27H19ClF4N2O2. The minimum atomic E-state index is -4.83. The number of ether oxygens (including phenoxy) is 1. The SMILES string of the molecule is O=C(NC(Cc1ccccc1)(c1cc(F)cc(C(F)(F)F)c1)c1ccc(Cl)cn1)Oc1ccccc1. The molecule has 0 aliphatic carbocycles. The molecule has 4 aromatic rings. The summed E-state index contributed by atoms with van der Waals surface area (Å²) in [5, 5.41) is 2.96. The Hall–Kier alpha value is -3.91.